The molecule has 140 valence electrons. The highest BCUT2D eigenvalue weighted by molar-refractivity contribution is 5.95. The van der Waals surface area contributed by atoms with Gasteiger partial charge in [-0.15, -0.1) is 0 Å². The maximum Gasteiger partial charge on any atom is 0.241 e. The molecule has 1 saturated heterocycles. The third-order valence-electron chi connectivity index (χ3n) is 5.57. The molecule has 1 aliphatic heterocycles. The summed E-state index contributed by atoms with van der Waals surface area (Å²) < 4.78 is 0. The van der Waals surface area contributed by atoms with Gasteiger partial charge in [-0.1, -0.05) is 42.5 Å². The maximum atomic E-state index is 12.6. The topological polar surface area (TPSA) is 56.1 Å². The molecule has 2 aromatic carbocycles. The van der Waals surface area contributed by atoms with E-state index < -0.39 is 0 Å². The van der Waals surface area contributed by atoms with Crippen molar-refractivity contribution in [2.24, 2.45) is 5.92 Å². The Kier molecular flexibility index (Phi) is 6.62. The van der Waals surface area contributed by atoms with E-state index in [1.807, 2.05) is 13.0 Å². The molecule has 1 fully saturated rings. The molecule has 27 heavy (non-hydrogen) atoms. The normalized spacial score (nSPS) is 16.4. The predicted molar refractivity (Wildman–Crippen MR) is 108 cm³/mol. The van der Waals surface area contributed by atoms with Crippen molar-refractivity contribution in [1.82, 2.24) is 4.90 Å². The van der Waals surface area contributed by atoms with Crippen LogP contribution >= 0.6 is 0 Å². The van der Waals surface area contributed by atoms with Crippen molar-refractivity contribution in [1.29, 1.82) is 5.26 Å². The summed E-state index contributed by atoms with van der Waals surface area (Å²) in [6, 6.07) is 19.7. The summed E-state index contributed by atoms with van der Waals surface area (Å²) in [6.45, 7) is 3.86. The van der Waals surface area contributed by atoms with Crippen LogP contribution in [0.1, 0.15) is 37.3 Å². The van der Waals surface area contributed by atoms with Crippen LogP contribution < -0.4 is 5.32 Å². The Morgan fingerprint density at radius 2 is 1.81 bits per heavy atom. The van der Waals surface area contributed by atoms with E-state index in [4.69, 9.17) is 5.26 Å². The molecule has 3 rings (SSSR count). The van der Waals surface area contributed by atoms with E-state index >= 15 is 0 Å². The van der Waals surface area contributed by atoms with Crippen molar-refractivity contribution in [3.63, 3.8) is 0 Å². The molecule has 0 aliphatic carbocycles. The Bertz CT molecular complexity index is 789. The van der Waals surface area contributed by atoms with E-state index in [2.05, 4.69) is 46.6 Å². The van der Waals surface area contributed by atoms with Gasteiger partial charge in [0.25, 0.3) is 0 Å². The Balaban J connectivity index is 1.47. The highest BCUT2D eigenvalue weighted by Gasteiger charge is 2.26. The zero-order valence-electron chi connectivity index (χ0n) is 15.9. The SMILES string of the molecule is C[C@@H](C(=O)Nc1ccccc1C#N)N1CCC(CCc2ccccc2)CC1. The van der Waals surface area contributed by atoms with Crippen molar-refractivity contribution in [3.8, 4) is 6.07 Å². The second kappa shape index (κ2) is 9.34. The van der Waals surface area contributed by atoms with Gasteiger partial charge in [0.2, 0.25) is 5.91 Å². The van der Waals surface area contributed by atoms with E-state index in [0.717, 1.165) is 38.3 Å². The summed E-state index contributed by atoms with van der Waals surface area (Å²) >= 11 is 0. The van der Waals surface area contributed by atoms with Crippen LogP contribution in [0.4, 0.5) is 5.69 Å². The molecule has 1 heterocycles. The quantitative estimate of drug-likeness (QED) is 0.838. The summed E-state index contributed by atoms with van der Waals surface area (Å²) in [4.78, 5) is 14.9. The minimum atomic E-state index is -0.188. The molecule has 0 saturated carbocycles. The Morgan fingerprint density at radius 1 is 1.15 bits per heavy atom. The number of piperidine rings is 1. The third-order valence-corrected chi connectivity index (χ3v) is 5.57. The largest absolute Gasteiger partial charge is 0.324 e. The van der Waals surface area contributed by atoms with Gasteiger partial charge in [-0.2, -0.15) is 5.26 Å². The second-order valence-corrected chi connectivity index (χ2v) is 7.33. The van der Waals surface area contributed by atoms with Crippen LogP contribution in [0, 0.1) is 17.2 Å². The number of nitriles is 1. The Hall–Kier alpha value is -2.64. The number of carbonyl (C=O) groups is 1. The number of nitrogens with zero attached hydrogens (tertiary/aromatic N) is 2. The minimum absolute atomic E-state index is 0.0413. The lowest BCUT2D eigenvalue weighted by molar-refractivity contribution is -0.121. The zero-order chi connectivity index (χ0) is 19.1. The average Bonchev–Trinajstić information content (AvgIpc) is 2.73. The number of likely N-dealkylation sites (tertiary alicyclic amines) is 1. The number of nitrogens with one attached hydrogen (secondary N) is 1. The van der Waals surface area contributed by atoms with Crippen LogP contribution in [0.15, 0.2) is 54.6 Å². The first-order chi connectivity index (χ1) is 13.2. The van der Waals surface area contributed by atoms with E-state index in [0.29, 0.717) is 11.3 Å². The Morgan fingerprint density at radius 3 is 2.52 bits per heavy atom. The third kappa shape index (κ3) is 5.18. The van der Waals surface area contributed by atoms with Gasteiger partial charge in [-0.05, 0) is 69.3 Å². The number of anilines is 1. The number of rotatable bonds is 6. The first-order valence-corrected chi connectivity index (χ1v) is 9.75. The van der Waals surface area contributed by atoms with Gasteiger partial charge >= 0.3 is 0 Å². The van der Waals surface area contributed by atoms with E-state index in [1.165, 1.54) is 12.0 Å². The molecule has 4 nitrogen and oxygen atoms in total. The molecule has 1 amide bonds. The number of hydrogen-bond acceptors (Lipinski definition) is 3. The van der Waals surface area contributed by atoms with Crippen LogP contribution in [0.2, 0.25) is 0 Å². The highest BCUT2D eigenvalue weighted by Crippen LogP contribution is 2.24. The van der Waals surface area contributed by atoms with Crippen LogP contribution in [-0.4, -0.2) is 29.9 Å². The molecule has 0 aromatic heterocycles. The number of para-hydroxylation sites is 1. The number of aryl methyl sites for hydroxylation is 1. The molecule has 0 bridgehead atoms. The van der Waals surface area contributed by atoms with Gasteiger partial charge in [0.1, 0.15) is 6.07 Å². The molecule has 2 aromatic rings. The number of hydrogen-bond donors (Lipinski definition) is 1. The molecule has 1 atom stereocenters. The first kappa shape index (κ1) is 19.1. The summed E-state index contributed by atoms with van der Waals surface area (Å²) in [7, 11) is 0. The number of benzene rings is 2. The Labute approximate surface area is 161 Å². The zero-order valence-corrected chi connectivity index (χ0v) is 15.9. The van der Waals surface area contributed by atoms with Gasteiger partial charge in [0.15, 0.2) is 0 Å². The second-order valence-electron chi connectivity index (χ2n) is 7.33. The lowest BCUT2D eigenvalue weighted by Crippen LogP contribution is -2.46. The van der Waals surface area contributed by atoms with E-state index in [-0.39, 0.29) is 11.9 Å². The van der Waals surface area contributed by atoms with Crippen molar-refractivity contribution in [2.75, 3.05) is 18.4 Å². The van der Waals surface area contributed by atoms with Gasteiger partial charge in [-0.3, -0.25) is 9.69 Å². The van der Waals surface area contributed by atoms with Crippen molar-refractivity contribution < 1.29 is 4.79 Å². The molecule has 1 aliphatic rings. The van der Waals surface area contributed by atoms with Crippen LogP contribution in [-0.2, 0) is 11.2 Å². The predicted octanol–water partition coefficient (Wildman–Crippen LogP) is 4.23. The molecule has 0 spiro atoms. The monoisotopic (exact) mass is 361 g/mol. The van der Waals surface area contributed by atoms with Crippen LogP contribution in [0.25, 0.3) is 0 Å². The van der Waals surface area contributed by atoms with Gasteiger partial charge in [0.05, 0.1) is 17.3 Å². The lowest BCUT2D eigenvalue weighted by Gasteiger charge is -2.35. The number of amides is 1. The van der Waals surface area contributed by atoms with Crippen LogP contribution in [0.3, 0.4) is 0 Å². The summed E-state index contributed by atoms with van der Waals surface area (Å²) in [5.74, 6) is 0.691. The smallest absolute Gasteiger partial charge is 0.241 e. The van der Waals surface area contributed by atoms with Crippen molar-refractivity contribution in [3.05, 3.63) is 65.7 Å². The standard InChI is InChI=1S/C23H27N3O/c1-18(23(27)25-22-10-6-5-9-21(22)17-24)26-15-13-20(14-16-26)12-11-19-7-3-2-4-8-19/h2-10,18,20H,11-16H2,1H3,(H,25,27)/t18-/m0/s1. The lowest BCUT2D eigenvalue weighted by atomic mass is 9.90. The molecule has 4 heteroatoms. The molecule has 0 unspecified atom stereocenters. The minimum Gasteiger partial charge on any atom is -0.324 e. The van der Waals surface area contributed by atoms with Crippen LogP contribution in [0.5, 0.6) is 0 Å². The summed E-state index contributed by atoms with van der Waals surface area (Å²) in [5.41, 5.74) is 2.50. The van der Waals surface area contributed by atoms with E-state index in [9.17, 15) is 4.79 Å². The highest BCUT2D eigenvalue weighted by atomic mass is 16.2. The fourth-order valence-corrected chi connectivity index (χ4v) is 3.74. The summed E-state index contributed by atoms with van der Waals surface area (Å²) in [6.07, 6.45) is 4.62. The fourth-order valence-electron chi connectivity index (χ4n) is 3.74. The summed E-state index contributed by atoms with van der Waals surface area (Å²) in [5, 5.41) is 12.1. The van der Waals surface area contributed by atoms with Gasteiger partial charge in [0, 0.05) is 0 Å². The number of carbonyl (C=O) groups excluding carboxylic acids is 1. The average molecular weight is 361 g/mol. The molecular weight excluding hydrogens is 334 g/mol. The van der Waals surface area contributed by atoms with Gasteiger partial charge < -0.3 is 5.32 Å². The van der Waals surface area contributed by atoms with Crippen molar-refractivity contribution >= 4 is 11.6 Å². The van der Waals surface area contributed by atoms with Gasteiger partial charge in [-0.25, -0.2) is 0 Å². The maximum absolute atomic E-state index is 12.6. The molecular formula is C23H27N3O. The van der Waals surface area contributed by atoms with Crippen molar-refractivity contribution in [2.45, 2.75) is 38.6 Å². The van der Waals surface area contributed by atoms with E-state index in [1.54, 1.807) is 18.2 Å². The molecule has 0 radical (unpaired) electrons. The first-order valence-electron chi connectivity index (χ1n) is 9.75. The molecule has 1 N–H and O–H groups in total. The fraction of sp³-hybridized carbons (Fsp3) is 0.391.